The van der Waals surface area contributed by atoms with Crippen LogP contribution in [0, 0.1) is 5.82 Å². The summed E-state index contributed by atoms with van der Waals surface area (Å²) >= 11 is 0. The van der Waals surface area contributed by atoms with E-state index in [1.54, 1.807) is 6.92 Å². The summed E-state index contributed by atoms with van der Waals surface area (Å²) in [6.07, 6.45) is -4.87. The highest BCUT2D eigenvalue weighted by atomic mass is 19.4. The normalized spacial score (nSPS) is 13.5. The molecule has 0 saturated carbocycles. The molecule has 2 nitrogen and oxygen atoms in total. The van der Waals surface area contributed by atoms with E-state index in [2.05, 4.69) is 5.32 Å². The smallest absolute Gasteiger partial charge is 0.391 e. The van der Waals surface area contributed by atoms with Crippen molar-refractivity contribution < 1.29 is 22.7 Å². The van der Waals surface area contributed by atoms with Crippen LogP contribution in [-0.2, 0) is 6.18 Å². The van der Waals surface area contributed by atoms with Crippen LogP contribution < -0.4 is 5.32 Å². The van der Waals surface area contributed by atoms with E-state index >= 15 is 0 Å². The van der Waals surface area contributed by atoms with Crippen LogP contribution in [0.1, 0.15) is 18.9 Å². The number of rotatable bonds is 4. The molecule has 1 atom stereocenters. The van der Waals surface area contributed by atoms with Gasteiger partial charge in [0.15, 0.2) is 0 Å². The Balaban J connectivity index is 2.82. The highest BCUT2D eigenvalue weighted by Crippen LogP contribution is 2.32. The highest BCUT2D eigenvalue weighted by Gasteiger charge is 2.34. The third kappa shape index (κ3) is 3.89. The van der Waals surface area contributed by atoms with E-state index in [9.17, 15) is 22.7 Å². The van der Waals surface area contributed by atoms with Crippen molar-refractivity contribution in [3.8, 4) is 0 Å². The second-order valence-corrected chi connectivity index (χ2v) is 3.64. The minimum atomic E-state index is -4.72. The Kier molecular flexibility index (Phi) is 4.34. The predicted molar refractivity (Wildman–Crippen MR) is 56.2 cm³/mol. The minimum Gasteiger partial charge on any atom is -0.391 e. The molecular weight excluding hydrogens is 238 g/mol. The van der Waals surface area contributed by atoms with Crippen molar-refractivity contribution in [3.05, 3.63) is 29.6 Å². The summed E-state index contributed by atoms with van der Waals surface area (Å²) in [5.74, 6) is -1.31. The lowest BCUT2D eigenvalue weighted by molar-refractivity contribution is -0.139. The van der Waals surface area contributed by atoms with E-state index in [1.165, 1.54) is 6.07 Å². The number of anilines is 1. The van der Waals surface area contributed by atoms with Gasteiger partial charge in [0.25, 0.3) is 0 Å². The molecule has 1 aromatic rings. The lowest BCUT2D eigenvalue weighted by atomic mass is 10.1. The molecule has 2 N–H and O–H groups in total. The SMILES string of the molecule is CCC(O)CNc1ccc(F)c(C(F)(F)F)c1. The quantitative estimate of drug-likeness (QED) is 0.806. The maximum absolute atomic E-state index is 12.9. The molecule has 0 aliphatic rings. The van der Waals surface area contributed by atoms with Gasteiger partial charge in [0.05, 0.1) is 11.7 Å². The number of halogens is 4. The molecule has 6 heteroatoms. The summed E-state index contributed by atoms with van der Waals surface area (Å²) in [6, 6.07) is 2.65. The second kappa shape index (κ2) is 5.35. The number of hydrogen-bond donors (Lipinski definition) is 2. The van der Waals surface area contributed by atoms with Crippen molar-refractivity contribution in [3.63, 3.8) is 0 Å². The van der Waals surface area contributed by atoms with E-state index < -0.39 is 23.7 Å². The molecule has 1 aromatic carbocycles. The molecule has 17 heavy (non-hydrogen) atoms. The van der Waals surface area contributed by atoms with Crippen LogP contribution in [0.2, 0.25) is 0 Å². The number of aliphatic hydroxyl groups excluding tert-OH is 1. The van der Waals surface area contributed by atoms with E-state index in [0.29, 0.717) is 12.5 Å². The van der Waals surface area contributed by atoms with Gasteiger partial charge in [0, 0.05) is 12.2 Å². The van der Waals surface area contributed by atoms with Gasteiger partial charge < -0.3 is 10.4 Å². The Labute approximate surface area is 96.3 Å². The number of benzene rings is 1. The Morgan fingerprint density at radius 2 is 2.00 bits per heavy atom. The number of hydrogen-bond acceptors (Lipinski definition) is 2. The first-order chi connectivity index (χ1) is 7.84. The minimum absolute atomic E-state index is 0.124. The molecule has 0 aromatic heterocycles. The zero-order valence-corrected chi connectivity index (χ0v) is 9.18. The Morgan fingerprint density at radius 1 is 1.35 bits per heavy atom. The first-order valence-corrected chi connectivity index (χ1v) is 5.13. The van der Waals surface area contributed by atoms with E-state index in [-0.39, 0.29) is 12.2 Å². The molecule has 0 radical (unpaired) electrons. The van der Waals surface area contributed by atoms with Crippen molar-refractivity contribution in [2.45, 2.75) is 25.6 Å². The lowest BCUT2D eigenvalue weighted by Crippen LogP contribution is -2.18. The lowest BCUT2D eigenvalue weighted by Gasteiger charge is -2.13. The van der Waals surface area contributed by atoms with Crippen molar-refractivity contribution in [2.24, 2.45) is 0 Å². The van der Waals surface area contributed by atoms with Gasteiger partial charge in [-0.1, -0.05) is 6.92 Å². The van der Waals surface area contributed by atoms with E-state index in [4.69, 9.17) is 0 Å². The molecule has 0 amide bonds. The molecule has 0 spiro atoms. The van der Waals surface area contributed by atoms with Gasteiger partial charge in [0.1, 0.15) is 5.82 Å². The fourth-order valence-corrected chi connectivity index (χ4v) is 1.23. The molecule has 0 aliphatic heterocycles. The standard InChI is InChI=1S/C11H13F4NO/c1-2-8(17)6-16-7-3-4-10(12)9(5-7)11(13,14)15/h3-5,8,16-17H,2,6H2,1H3. The monoisotopic (exact) mass is 251 g/mol. The predicted octanol–water partition coefficient (Wildman–Crippen LogP) is 3.03. The fraction of sp³-hybridized carbons (Fsp3) is 0.455. The van der Waals surface area contributed by atoms with Crippen molar-refractivity contribution in [1.82, 2.24) is 0 Å². The summed E-state index contributed by atoms with van der Waals surface area (Å²) in [6.45, 7) is 1.87. The first kappa shape index (κ1) is 13.8. The molecule has 0 fully saturated rings. The van der Waals surface area contributed by atoms with Gasteiger partial charge in [-0.05, 0) is 24.6 Å². The summed E-state index contributed by atoms with van der Waals surface area (Å²) < 4.78 is 50.1. The molecule has 0 bridgehead atoms. The molecular formula is C11H13F4NO. The molecule has 0 aliphatic carbocycles. The Bertz CT molecular complexity index is 378. The molecule has 1 rings (SSSR count). The number of nitrogens with one attached hydrogen (secondary N) is 1. The third-order valence-corrected chi connectivity index (χ3v) is 2.28. The maximum Gasteiger partial charge on any atom is 0.419 e. The molecule has 1 unspecified atom stereocenters. The van der Waals surface area contributed by atoms with E-state index in [0.717, 1.165) is 6.07 Å². The summed E-state index contributed by atoms with van der Waals surface area (Å²) in [4.78, 5) is 0. The summed E-state index contributed by atoms with van der Waals surface area (Å²) in [7, 11) is 0. The zero-order valence-electron chi connectivity index (χ0n) is 9.18. The fourth-order valence-electron chi connectivity index (χ4n) is 1.23. The average Bonchev–Trinajstić information content (AvgIpc) is 2.26. The van der Waals surface area contributed by atoms with Crippen LogP contribution in [0.3, 0.4) is 0 Å². The summed E-state index contributed by atoms with van der Waals surface area (Å²) in [5.41, 5.74) is -1.18. The summed E-state index contributed by atoms with van der Waals surface area (Å²) in [5, 5.41) is 11.9. The largest absolute Gasteiger partial charge is 0.419 e. The molecule has 0 heterocycles. The van der Waals surface area contributed by atoms with Gasteiger partial charge in [-0.25, -0.2) is 4.39 Å². The van der Waals surface area contributed by atoms with Crippen LogP contribution in [0.15, 0.2) is 18.2 Å². The number of alkyl halides is 3. The Hall–Kier alpha value is -1.30. The van der Waals surface area contributed by atoms with Gasteiger partial charge >= 0.3 is 6.18 Å². The molecule has 0 saturated heterocycles. The first-order valence-electron chi connectivity index (χ1n) is 5.13. The van der Waals surface area contributed by atoms with Crippen molar-refractivity contribution in [1.29, 1.82) is 0 Å². The van der Waals surface area contributed by atoms with Crippen LogP contribution in [-0.4, -0.2) is 17.8 Å². The van der Waals surface area contributed by atoms with Crippen molar-refractivity contribution in [2.75, 3.05) is 11.9 Å². The van der Waals surface area contributed by atoms with Crippen LogP contribution in [0.25, 0.3) is 0 Å². The Morgan fingerprint density at radius 3 is 2.53 bits per heavy atom. The van der Waals surface area contributed by atoms with Crippen LogP contribution in [0.4, 0.5) is 23.2 Å². The topological polar surface area (TPSA) is 32.3 Å². The van der Waals surface area contributed by atoms with Gasteiger partial charge in [-0.15, -0.1) is 0 Å². The van der Waals surface area contributed by atoms with Crippen LogP contribution in [0.5, 0.6) is 0 Å². The van der Waals surface area contributed by atoms with Gasteiger partial charge in [0.2, 0.25) is 0 Å². The van der Waals surface area contributed by atoms with Crippen LogP contribution >= 0.6 is 0 Å². The van der Waals surface area contributed by atoms with Crippen molar-refractivity contribution >= 4 is 5.69 Å². The highest BCUT2D eigenvalue weighted by molar-refractivity contribution is 5.47. The average molecular weight is 251 g/mol. The van der Waals surface area contributed by atoms with Gasteiger partial charge in [-0.3, -0.25) is 0 Å². The number of aliphatic hydroxyl groups is 1. The third-order valence-electron chi connectivity index (χ3n) is 2.28. The maximum atomic E-state index is 12.9. The second-order valence-electron chi connectivity index (χ2n) is 3.64. The molecule has 96 valence electrons. The zero-order chi connectivity index (χ0) is 13.1. The van der Waals surface area contributed by atoms with E-state index in [1.807, 2.05) is 0 Å². The van der Waals surface area contributed by atoms with Gasteiger partial charge in [-0.2, -0.15) is 13.2 Å².